The first-order chi connectivity index (χ1) is 10.2. The first-order valence-electron chi connectivity index (χ1n) is 8.11. The van der Waals surface area contributed by atoms with E-state index in [1.807, 2.05) is 0 Å². The summed E-state index contributed by atoms with van der Waals surface area (Å²) in [5.41, 5.74) is 7.52. The summed E-state index contributed by atoms with van der Waals surface area (Å²) >= 11 is 7.19. The van der Waals surface area contributed by atoms with Gasteiger partial charge in [0, 0.05) is 27.6 Å². The average Bonchev–Trinajstić information content (AvgIpc) is 2.52. The first-order valence-corrected chi connectivity index (χ1v) is 9.70. The summed E-state index contributed by atoms with van der Waals surface area (Å²) in [6.07, 6.45) is 8.34. The maximum atomic E-state index is 6.18. The molecule has 1 saturated heterocycles. The maximum Gasteiger partial charge on any atom is 0.0473 e. The number of rotatable bonds is 3. The number of hydrogen-bond acceptors (Lipinski definition) is 2. The number of fused-ring (bicyclic) bond motifs is 1. The quantitative estimate of drug-likeness (QED) is 0.763. The number of piperidine rings is 1. The second-order valence-corrected chi connectivity index (χ2v) is 8.13. The van der Waals surface area contributed by atoms with Crippen molar-refractivity contribution in [3.05, 3.63) is 32.7 Å². The van der Waals surface area contributed by atoms with E-state index in [-0.39, 0.29) is 0 Å². The highest BCUT2D eigenvalue weighted by Crippen LogP contribution is 2.39. The zero-order valence-corrected chi connectivity index (χ0v) is 15.6. The minimum Gasteiger partial charge on any atom is -0.329 e. The van der Waals surface area contributed by atoms with E-state index in [0.717, 1.165) is 20.9 Å². The Bertz CT molecular complexity index is 490. The lowest BCUT2D eigenvalue weighted by atomic mass is 9.77. The van der Waals surface area contributed by atoms with Crippen LogP contribution in [0.15, 0.2) is 27.1 Å². The van der Waals surface area contributed by atoms with E-state index in [1.165, 1.54) is 50.6 Å². The van der Waals surface area contributed by atoms with Gasteiger partial charge in [-0.2, -0.15) is 0 Å². The number of benzene rings is 1. The van der Waals surface area contributed by atoms with Gasteiger partial charge in [-0.1, -0.05) is 18.9 Å². The Kier molecular flexibility index (Phi) is 5.41. The third-order valence-electron chi connectivity index (χ3n) is 5.24. The molecule has 1 aliphatic heterocycles. The zero-order valence-electron chi connectivity index (χ0n) is 12.4. The highest BCUT2D eigenvalue weighted by atomic mass is 79.9. The summed E-state index contributed by atoms with van der Waals surface area (Å²) in [5, 5.41) is 0. The Morgan fingerprint density at radius 2 is 1.86 bits per heavy atom. The molecule has 1 aromatic rings. The van der Waals surface area contributed by atoms with Crippen LogP contribution in [0.4, 0.5) is 0 Å². The molecule has 4 heteroatoms. The maximum absolute atomic E-state index is 6.18. The van der Waals surface area contributed by atoms with Crippen molar-refractivity contribution in [2.45, 2.75) is 50.6 Å². The van der Waals surface area contributed by atoms with Crippen molar-refractivity contribution in [2.75, 3.05) is 13.1 Å². The molecule has 2 aliphatic rings. The van der Waals surface area contributed by atoms with Crippen LogP contribution in [0.5, 0.6) is 0 Å². The van der Waals surface area contributed by atoms with Crippen molar-refractivity contribution in [3.8, 4) is 0 Å². The molecule has 3 unspecified atom stereocenters. The number of hydrogen-bond donors (Lipinski definition) is 1. The van der Waals surface area contributed by atoms with Gasteiger partial charge in [0.05, 0.1) is 0 Å². The Morgan fingerprint density at radius 3 is 2.62 bits per heavy atom. The molecule has 2 nitrogen and oxygen atoms in total. The van der Waals surface area contributed by atoms with Crippen molar-refractivity contribution in [3.63, 3.8) is 0 Å². The Labute approximate surface area is 144 Å². The Hall–Kier alpha value is 0.1000. The summed E-state index contributed by atoms with van der Waals surface area (Å²) < 4.78 is 2.23. The molecular formula is C17H24Br2N2. The molecule has 3 atom stereocenters. The molecule has 21 heavy (non-hydrogen) atoms. The van der Waals surface area contributed by atoms with Gasteiger partial charge in [-0.3, -0.25) is 4.90 Å². The van der Waals surface area contributed by atoms with Gasteiger partial charge in [0.25, 0.3) is 0 Å². The van der Waals surface area contributed by atoms with Crippen LogP contribution in [0.2, 0.25) is 0 Å². The summed E-state index contributed by atoms with van der Waals surface area (Å²) in [4.78, 5) is 2.71. The Balaban J connectivity index is 1.85. The average molecular weight is 416 g/mol. The van der Waals surface area contributed by atoms with Crippen molar-refractivity contribution >= 4 is 31.9 Å². The lowest BCUT2D eigenvalue weighted by molar-refractivity contribution is 0.0276. The molecule has 1 aliphatic carbocycles. The zero-order chi connectivity index (χ0) is 14.8. The number of halogens is 2. The minimum absolute atomic E-state index is 0.361. The van der Waals surface area contributed by atoms with Crippen LogP contribution < -0.4 is 5.73 Å². The van der Waals surface area contributed by atoms with Crippen molar-refractivity contribution in [1.82, 2.24) is 4.90 Å². The lowest BCUT2D eigenvalue weighted by Crippen LogP contribution is -2.49. The molecule has 1 heterocycles. The van der Waals surface area contributed by atoms with Crippen molar-refractivity contribution < 1.29 is 0 Å². The van der Waals surface area contributed by atoms with Crippen molar-refractivity contribution in [1.29, 1.82) is 0 Å². The first kappa shape index (κ1) is 16.0. The molecule has 0 spiro atoms. The van der Waals surface area contributed by atoms with E-state index in [0.29, 0.717) is 12.6 Å². The van der Waals surface area contributed by atoms with E-state index in [2.05, 4.69) is 55.0 Å². The van der Waals surface area contributed by atoms with E-state index in [4.69, 9.17) is 5.73 Å². The monoisotopic (exact) mass is 414 g/mol. The number of nitrogens with zero attached hydrogens (tertiary/aromatic N) is 1. The normalized spacial score (nSPS) is 28.1. The fourth-order valence-electron chi connectivity index (χ4n) is 4.23. The summed E-state index contributed by atoms with van der Waals surface area (Å²) in [6.45, 7) is 1.91. The molecule has 1 aromatic carbocycles. The number of likely N-dealkylation sites (tertiary alicyclic amines) is 1. The van der Waals surface area contributed by atoms with Crippen LogP contribution in [0.3, 0.4) is 0 Å². The fourth-order valence-corrected chi connectivity index (χ4v) is 4.88. The van der Waals surface area contributed by atoms with Crippen LogP contribution in [-0.4, -0.2) is 24.0 Å². The highest BCUT2D eigenvalue weighted by Gasteiger charge is 2.36. The van der Waals surface area contributed by atoms with Gasteiger partial charge >= 0.3 is 0 Å². The molecule has 116 valence electrons. The van der Waals surface area contributed by atoms with Gasteiger partial charge in [0.15, 0.2) is 0 Å². The van der Waals surface area contributed by atoms with Crippen LogP contribution in [0.25, 0.3) is 0 Å². The lowest BCUT2D eigenvalue weighted by Gasteiger charge is -2.47. The van der Waals surface area contributed by atoms with E-state index >= 15 is 0 Å². The van der Waals surface area contributed by atoms with E-state index < -0.39 is 0 Å². The molecule has 0 radical (unpaired) electrons. The third kappa shape index (κ3) is 3.39. The summed E-state index contributed by atoms with van der Waals surface area (Å²) in [7, 11) is 0. The van der Waals surface area contributed by atoms with Crippen LogP contribution in [0, 0.1) is 5.92 Å². The molecular weight excluding hydrogens is 392 g/mol. The van der Waals surface area contributed by atoms with Gasteiger partial charge in [-0.25, -0.2) is 0 Å². The van der Waals surface area contributed by atoms with Gasteiger partial charge in [-0.15, -0.1) is 0 Å². The third-order valence-corrected chi connectivity index (χ3v) is 7.12. The largest absolute Gasteiger partial charge is 0.329 e. The SMILES string of the molecule is NCC(c1ccc(Br)c(Br)c1)N1CCCC2CCCCC21. The molecule has 0 aromatic heterocycles. The smallest absolute Gasteiger partial charge is 0.0473 e. The Morgan fingerprint density at radius 1 is 1.10 bits per heavy atom. The predicted molar refractivity (Wildman–Crippen MR) is 95.3 cm³/mol. The molecule has 1 saturated carbocycles. The topological polar surface area (TPSA) is 29.3 Å². The van der Waals surface area contributed by atoms with Gasteiger partial charge in [-0.05, 0) is 87.7 Å². The fraction of sp³-hybridized carbons (Fsp3) is 0.647. The highest BCUT2D eigenvalue weighted by molar-refractivity contribution is 9.13. The van der Waals surface area contributed by atoms with Gasteiger partial charge in [0.2, 0.25) is 0 Å². The predicted octanol–water partition coefficient (Wildman–Crippen LogP) is 4.87. The molecule has 3 rings (SSSR count). The second-order valence-electron chi connectivity index (χ2n) is 6.42. The standard InChI is InChI=1S/C17H24Br2N2/c18-14-8-7-13(10-15(14)19)17(11-20)21-9-3-5-12-4-1-2-6-16(12)21/h7-8,10,12,16-17H,1-6,9,11,20H2. The van der Waals surface area contributed by atoms with Gasteiger partial charge in [0.1, 0.15) is 0 Å². The molecule has 2 N–H and O–H groups in total. The van der Waals surface area contributed by atoms with Crippen LogP contribution in [0.1, 0.15) is 50.1 Å². The molecule has 2 fully saturated rings. The van der Waals surface area contributed by atoms with Gasteiger partial charge < -0.3 is 5.73 Å². The minimum atomic E-state index is 0.361. The molecule has 0 bridgehead atoms. The van der Waals surface area contributed by atoms with E-state index in [1.54, 1.807) is 0 Å². The van der Waals surface area contributed by atoms with Crippen molar-refractivity contribution in [2.24, 2.45) is 11.7 Å². The number of nitrogens with two attached hydrogens (primary N) is 1. The van der Waals surface area contributed by atoms with E-state index in [9.17, 15) is 0 Å². The summed E-state index contributed by atoms with van der Waals surface area (Å²) in [6, 6.07) is 7.70. The molecule has 0 amide bonds. The second kappa shape index (κ2) is 7.12. The van der Waals surface area contributed by atoms with Crippen LogP contribution in [-0.2, 0) is 0 Å². The van der Waals surface area contributed by atoms with Crippen LogP contribution >= 0.6 is 31.9 Å². The summed E-state index contributed by atoms with van der Waals surface area (Å²) in [5.74, 6) is 0.903.